The molecule has 0 fully saturated rings. The fourth-order valence-electron chi connectivity index (χ4n) is 1.90. The highest BCUT2D eigenvalue weighted by Crippen LogP contribution is 2.15. The van der Waals surface area contributed by atoms with Crippen molar-refractivity contribution in [3.63, 3.8) is 0 Å². The SMILES string of the molecule is C#CC[C@H](C[C@H](O)[C@@H](N)Cc1ccccc1)C(=O)O. The molecule has 1 aromatic carbocycles. The van der Waals surface area contributed by atoms with E-state index in [0.717, 1.165) is 5.56 Å². The molecule has 0 aromatic heterocycles. The van der Waals surface area contributed by atoms with Gasteiger partial charge in [-0.2, -0.15) is 0 Å². The number of carbonyl (C=O) groups is 1. The van der Waals surface area contributed by atoms with Crippen molar-refractivity contribution in [1.29, 1.82) is 0 Å². The standard InChI is InChI=1S/C15H19NO3/c1-2-6-12(15(18)19)10-14(17)13(16)9-11-7-4-3-5-8-11/h1,3-5,7-8,12-14,17H,6,9-10,16H2,(H,18,19)/t12-,13+,14+/m1/s1. The maximum absolute atomic E-state index is 11.0. The molecule has 0 aliphatic carbocycles. The van der Waals surface area contributed by atoms with Gasteiger partial charge in [0.25, 0.3) is 0 Å². The first-order valence-electron chi connectivity index (χ1n) is 6.18. The van der Waals surface area contributed by atoms with Crippen molar-refractivity contribution in [2.24, 2.45) is 11.7 Å². The van der Waals surface area contributed by atoms with E-state index in [2.05, 4.69) is 5.92 Å². The maximum atomic E-state index is 11.0. The minimum Gasteiger partial charge on any atom is -0.481 e. The normalized spacial score (nSPS) is 15.2. The number of aliphatic hydroxyl groups is 1. The van der Waals surface area contributed by atoms with Gasteiger partial charge >= 0.3 is 5.97 Å². The lowest BCUT2D eigenvalue weighted by Crippen LogP contribution is -2.38. The Hall–Kier alpha value is -1.83. The molecule has 0 unspecified atom stereocenters. The Labute approximate surface area is 113 Å². The summed E-state index contributed by atoms with van der Waals surface area (Å²) in [4.78, 5) is 11.0. The van der Waals surface area contributed by atoms with Crippen LogP contribution in [0.15, 0.2) is 30.3 Å². The average Bonchev–Trinajstić information content (AvgIpc) is 2.39. The van der Waals surface area contributed by atoms with Crippen molar-refractivity contribution in [2.45, 2.75) is 31.4 Å². The summed E-state index contributed by atoms with van der Waals surface area (Å²) in [6, 6.07) is 9.03. The zero-order chi connectivity index (χ0) is 14.3. The topological polar surface area (TPSA) is 83.5 Å². The van der Waals surface area contributed by atoms with E-state index in [1.54, 1.807) is 0 Å². The van der Waals surface area contributed by atoms with E-state index in [1.165, 1.54) is 0 Å². The Kier molecular flexibility index (Phi) is 6.07. The van der Waals surface area contributed by atoms with Crippen LogP contribution in [0.2, 0.25) is 0 Å². The van der Waals surface area contributed by atoms with Gasteiger partial charge in [-0.1, -0.05) is 30.3 Å². The van der Waals surface area contributed by atoms with Crippen LogP contribution < -0.4 is 5.73 Å². The highest BCUT2D eigenvalue weighted by molar-refractivity contribution is 5.70. The van der Waals surface area contributed by atoms with Gasteiger partial charge < -0.3 is 15.9 Å². The number of aliphatic carboxylic acids is 1. The summed E-state index contributed by atoms with van der Waals surface area (Å²) < 4.78 is 0. The van der Waals surface area contributed by atoms with Crippen LogP contribution in [0.4, 0.5) is 0 Å². The number of hydrogen-bond donors (Lipinski definition) is 3. The minimum absolute atomic E-state index is 0.0769. The Bertz CT molecular complexity index is 438. The molecular formula is C15H19NO3. The number of aliphatic hydroxyl groups excluding tert-OH is 1. The molecule has 0 saturated heterocycles. The molecule has 4 nitrogen and oxygen atoms in total. The first kappa shape index (κ1) is 15.2. The number of hydrogen-bond acceptors (Lipinski definition) is 3. The van der Waals surface area contributed by atoms with E-state index in [0.29, 0.717) is 6.42 Å². The van der Waals surface area contributed by atoms with Gasteiger partial charge in [-0.25, -0.2) is 0 Å². The fraction of sp³-hybridized carbons (Fsp3) is 0.400. The number of terminal acetylenes is 1. The molecule has 0 aliphatic heterocycles. The van der Waals surface area contributed by atoms with E-state index < -0.39 is 24.0 Å². The second-order valence-electron chi connectivity index (χ2n) is 4.60. The van der Waals surface area contributed by atoms with Crippen LogP contribution in [0.25, 0.3) is 0 Å². The van der Waals surface area contributed by atoms with E-state index in [4.69, 9.17) is 17.3 Å². The molecule has 4 N–H and O–H groups in total. The van der Waals surface area contributed by atoms with Crippen LogP contribution >= 0.6 is 0 Å². The number of carboxylic acids is 1. The summed E-state index contributed by atoms with van der Waals surface area (Å²) in [5, 5.41) is 18.9. The van der Waals surface area contributed by atoms with E-state index in [-0.39, 0.29) is 12.8 Å². The number of rotatable bonds is 7. The third-order valence-corrected chi connectivity index (χ3v) is 3.05. The molecule has 0 aliphatic rings. The average molecular weight is 261 g/mol. The van der Waals surface area contributed by atoms with Gasteiger partial charge in [-0.3, -0.25) is 4.79 Å². The molecular weight excluding hydrogens is 242 g/mol. The van der Waals surface area contributed by atoms with Crippen LogP contribution in [0.3, 0.4) is 0 Å². The molecule has 19 heavy (non-hydrogen) atoms. The van der Waals surface area contributed by atoms with Crippen molar-refractivity contribution in [2.75, 3.05) is 0 Å². The number of benzene rings is 1. The zero-order valence-electron chi connectivity index (χ0n) is 10.7. The number of nitrogens with two attached hydrogens (primary N) is 1. The van der Waals surface area contributed by atoms with Gasteiger partial charge in [0.15, 0.2) is 0 Å². The molecule has 0 radical (unpaired) electrons. The Morgan fingerprint density at radius 2 is 2.00 bits per heavy atom. The molecule has 0 bridgehead atoms. The van der Waals surface area contributed by atoms with Gasteiger partial charge in [0, 0.05) is 12.5 Å². The predicted octanol–water partition coefficient (Wildman–Crippen LogP) is 1.03. The van der Waals surface area contributed by atoms with Gasteiger partial charge in [-0.05, 0) is 18.4 Å². The third kappa shape index (κ3) is 5.12. The van der Waals surface area contributed by atoms with Gasteiger partial charge in [0.2, 0.25) is 0 Å². The van der Waals surface area contributed by atoms with Crippen molar-refractivity contribution >= 4 is 5.97 Å². The summed E-state index contributed by atoms with van der Waals surface area (Å²) in [5.41, 5.74) is 6.91. The van der Waals surface area contributed by atoms with Crippen molar-refractivity contribution < 1.29 is 15.0 Å². The zero-order valence-corrected chi connectivity index (χ0v) is 10.7. The first-order chi connectivity index (χ1) is 9.04. The highest BCUT2D eigenvalue weighted by atomic mass is 16.4. The van der Waals surface area contributed by atoms with Crippen LogP contribution in [0.5, 0.6) is 0 Å². The highest BCUT2D eigenvalue weighted by Gasteiger charge is 2.24. The molecule has 0 spiro atoms. The lowest BCUT2D eigenvalue weighted by molar-refractivity contribution is -0.142. The van der Waals surface area contributed by atoms with Crippen molar-refractivity contribution in [1.82, 2.24) is 0 Å². The Balaban J connectivity index is 2.54. The summed E-state index contributed by atoms with van der Waals surface area (Å²) >= 11 is 0. The molecule has 1 aromatic rings. The summed E-state index contributed by atoms with van der Waals surface area (Å²) in [7, 11) is 0. The van der Waals surface area contributed by atoms with Crippen LogP contribution in [-0.4, -0.2) is 28.3 Å². The van der Waals surface area contributed by atoms with Crippen LogP contribution in [-0.2, 0) is 11.2 Å². The molecule has 0 heterocycles. The molecule has 3 atom stereocenters. The second-order valence-corrected chi connectivity index (χ2v) is 4.60. The fourth-order valence-corrected chi connectivity index (χ4v) is 1.90. The quantitative estimate of drug-likeness (QED) is 0.640. The smallest absolute Gasteiger partial charge is 0.307 e. The first-order valence-corrected chi connectivity index (χ1v) is 6.18. The lowest BCUT2D eigenvalue weighted by atomic mass is 9.92. The van der Waals surface area contributed by atoms with E-state index in [1.807, 2.05) is 30.3 Å². The largest absolute Gasteiger partial charge is 0.481 e. The van der Waals surface area contributed by atoms with E-state index in [9.17, 15) is 9.90 Å². The summed E-state index contributed by atoms with van der Waals surface area (Å²) in [6.45, 7) is 0. The van der Waals surface area contributed by atoms with Gasteiger partial charge in [0.05, 0.1) is 12.0 Å². The molecule has 102 valence electrons. The molecule has 0 saturated carbocycles. The van der Waals surface area contributed by atoms with Gasteiger partial charge in [0.1, 0.15) is 0 Å². The number of carboxylic acid groups (broad SMARTS) is 1. The Morgan fingerprint density at radius 1 is 1.37 bits per heavy atom. The molecule has 0 amide bonds. The monoisotopic (exact) mass is 261 g/mol. The van der Waals surface area contributed by atoms with Gasteiger partial charge in [-0.15, -0.1) is 12.3 Å². The minimum atomic E-state index is -0.996. The van der Waals surface area contributed by atoms with Crippen molar-refractivity contribution in [3.8, 4) is 12.3 Å². The second kappa shape index (κ2) is 7.57. The van der Waals surface area contributed by atoms with Crippen LogP contribution in [0.1, 0.15) is 18.4 Å². The predicted molar refractivity (Wildman–Crippen MR) is 73.3 cm³/mol. The van der Waals surface area contributed by atoms with E-state index >= 15 is 0 Å². The maximum Gasteiger partial charge on any atom is 0.307 e. The Morgan fingerprint density at radius 3 is 2.53 bits per heavy atom. The molecule has 4 heteroatoms. The third-order valence-electron chi connectivity index (χ3n) is 3.05. The van der Waals surface area contributed by atoms with Crippen LogP contribution in [0, 0.1) is 18.3 Å². The van der Waals surface area contributed by atoms with Crippen molar-refractivity contribution in [3.05, 3.63) is 35.9 Å². The molecule has 1 rings (SSSR count). The lowest BCUT2D eigenvalue weighted by Gasteiger charge is -2.21. The summed E-state index contributed by atoms with van der Waals surface area (Å²) in [6.07, 6.45) is 4.92. The summed E-state index contributed by atoms with van der Waals surface area (Å²) in [5.74, 6) is 0.566.